The number of carbonyl (C=O) groups excluding carboxylic acids is 1. The summed E-state index contributed by atoms with van der Waals surface area (Å²) in [4.78, 5) is 16.9. The molecule has 0 spiro atoms. The van der Waals surface area contributed by atoms with Crippen molar-refractivity contribution in [3.63, 3.8) is 0 Å². The van der Waals surface area contributed by atoms with Gasteiger partial charge in [-0.15, -0.1) is 0 Å². The number of fused-ring (bicyclic) bond motifs is 1. The van der Waals surface area contributed by atoms with E-state index in [9.17, 15) is 4.79 Å². The van der Waals surface area contributed by atoms with Crippen molar-refractivity contribution in [3.05, 3.63) is 84.7 Å². The summed E-state index contributed by atoms with van der Waals surface area (Å²) in [6.07, 6.45) is 1.51. The van der Waals surface area contributed by atoms with E-state index in [1.54, 1.807) is 0 Å². The fourth-order valence-electron chi connectivity index (χ4n) is 3.85. The molecule has 4 aromatic rings. The third-order valence-corrected chi connectivity index (χ3v) is 5.47. The monoisotopic (exact) mass is 473 g/mol. The zero-order valence-corrected chi connectivity index (χ0v) is 20.0. The zero-order chi connectivity index (χ0) is 24.3. The summed E-state index contributed by atoms with van der Waals surface area (Å²) in [5.74, 6) is 3.01. The van der Waals surface area contributed by atoms with E-state index in [-0.39, 0.29) is 12.5 Å². The number of nitrogens with one attached hydrogen (secondary N) is 1. The molecule has 0 saturated heterocycles. The van der Waals surface area contributed by atoms with Gasteiger partial charge in [-0.05, 0) is 49.7 Å². The van der Waals surface area contributed by atoms with Gasteiger partial charge in [0.1, 0.15) is 18.2 Å². The number of para-hydroxylation sites is 5. The Morgan fingerprint density at radius 3 is 2.40 bits per heavy atom. The Balaban J connectivity index is 1.30. The van der Waals surface area contributed by atoms with Crippen LogP contribution < -0.4 is 19.5 Å². The third kappa shape index (κ3) is 6.76. The van der Waals surface area contributed by atoms with Crippen molar-refractivity contribution in [1.29, 1.82) is 0 Å². The van der Waals surface area contributed by atoms with Crippen LogP contribution in [0.25, 0.3) is 11.0 Å². The summed E-state index contributed by atoms with van der Waals surface area (Å²) in [7, 11) is 0. The number of amides is 1. The number of benzene rings is 3. The highest BCUT2D eigenvalue weighted by Gasteiger charge is 2.12. The maximum absolute atomic E-state index is 12.1. The van der Waals surface area contributed by atoms with Crippen LogP contribution in [0.3, 0.4) is 0 Å². The van der Waals surface area contributed by atoms with E-state index in [4.69, 9.17) is 19.2 Å². The quantitative estimate of drug-likeness (QED) is 0.286. The van der Waals surface area contributed by atoms with Gasteiger partial charge in [0, 0.05) is 13.0 Å². The maximum atomic E-state index is 12.1. The highest BCUT2D eigenvalue weighted by atomic mass is 16.5. The zero-order valence-electron chi connectivity index (χ0n) is 20.0. The molecule has 1 heterocycles. The lowest BCUT2D eigenvalue weighted by Crippen LogP contribution is -2.30. The summed E-state index contributed by atoms with van der Waals surface area (Å²) >= 11 is 0. The van der Waals surface area contributed by atoms with Crippen molar-refractivity contribution in [2.75, 3.05) is 26.4 Å². The second-order valence-electron chi connectivity index (χ2n) is 7.95. The SMILES string of the molecule is CCOc1ccccc1OCCn1c(CCCNC(=O)COc2ccccc2)nc2ccccc21. The highest BCUT2D eigenvalue weighted by Crippen LogP contribution is 2.26. The molecule has 7 heteroatoms. The van der Waals surface area contributed by atoms with Crippen LogP contribution in [0, 0.1) is 0 Å². The standard InChI is InChI=1S/C28H31N3O4/c1-2-33-25-15-8-9-16-26(25)34-20-19-31-24-14-7-6-13-23(24)30-27(31)17-10-18-29-28(32)21-35-22-11-4-3-5-12-22/h3-9,11-16H,2,10,17-21H2,1H3,(H,29,32). The average Bonchev–Trinajstić information content (AvgIpc) is 3.24. The number of ether oxygens (including phenoxy) is 3. The Bertz CT molecular complexity index is 1220. The van der Waals surface area contributed by atoms with E-state index in [2.05, 4.69) is 16.0 Å². The molecule has 35 heavy (non-hydrogen) atoms. The van der Waals surface area contributed by atoms with E-state index in [0.717, 1.165) is 41.2 Å². The molecule has 1 N–H and O–H groups in total. The summed E-state index contributed by atoms with van der Waals surface area (Å²) in [6.45, 7) is 4.26. The predicted octanol–water partition coefficient (Wildman–Crippen LogP) is 4.64. The Kier molecular flexibility index (Phi) is 8.59. The first kappa shape index (κ1) is 24.1. The third-order valence-electron chi connectivity index (χ3n) is 5.47. The molecule has 7 nitrogen and oxygen atoms in total. The van der Waals surface area contributed by atoms with Crippen molar-refractivity contribution in [2.45, 2.75) is 26.3 Å². The van der Waals surface area contributed by atoms with Gasteiger partial charge in [-0.2, -0.15) is 0 Å². The van der Waals surface area contributed by atoms with Gasteiger partial charge in [-0.25, -0.2) is 4.98 Å². The van der Waals surface area contributed by atoms with Gasteiger partial charge in [-0.1, -0.05) is 42.5 Å². The maximum Gasteiger partial charge on any atom is 0.257 e. The molecule has 1 amide bonds. The van der Waals surface area contributed by atoms with Gasteiger partial charge in [0.15, 0.2) is 18.1 Å². The molecule has 0 aliphatic carbocycles. The van der Waals surface area contributed by atoms with Crippen LogP contribution >= 0.6 is 0 Å². The molecule has 4 rings (SSSR count). The van der Waals surface area contributed by atoms with Crippen LogP contribution in [-0.4, -0.2) is 41.8 Å². The van der Waals surface area contributed by atoms with Crippen molar-refractivity contribution >= 4 is 16.9 Å². The van der Waals surface area contributed by atoms with Crippen LogP contribution in [0.4, 0.5) is 0 Å². The Morgan fingerprint density at radius 1 is 0.886 bits per heavy atom. The minimum Gasteiger partial charge on any atom is -0.490 e. The number of aryl methyl sites for hydroxylation is 1. The predicted molar refractivity (Wildman–Crippen MR) is 136 cm³/mol. The summed E-state index contributed by atoms with van der Waals surface area (Å²) in [6, 6.07) is 25.1. The van der Waals surface area contributed by atoms with Crippen LogP contribution in [0.2, 0.25) is 0 Å². The molecule has 0 atom stereocenters. The van der Waals surface area contributed by atoms with E-state index >= 15 is 0 Å². The van der Waals surface area contributed by atoms with Crippen LogP contribution in [0.1, 0.15) is 19.2 Å². The van der Waals surface area contributed by atoms with Crippen molar-refractivity contribution in [3.8, 4) is 17.2 Å². The van der Waals surface area contributed by atoms with E-state index in [1.807, 2.05) is 79.7 Å². The van der Waals surface area contributed by atoms with Gasteiger partial charge in [0.05, 0.1) is 24.2 Å². The Hall–Kier alpha value is -4.00. The second-order valence-corrected chi connectivity index (χ2v) is 7.95. The molecule has 3 aromatic carbocycles. The largest absolute Gasteiger partial charge is 0.490 e. The van der Waals surface area contributed by atoms with Gasteiger partial charge in [0.25, 0.3) is 5.91 Å². The average molecular weight is 474 g/mol. The molecule has 0 bridgehead atoms. The molecule has 0 aliphatic heterocycles. The van der Waals surface area contributed by atoms with E-state index in [1.165, 1.54) is 0 Å². The van der Waals surface area contributed by atoms with Gasteiger partial charge in [-0.3, -0.25) is 4.79 Å². The number of rotatable bonds is 13. The topological polar surface area (TPSA) is 74.6 Å². The summed E-state index contributed by atoms with van der Waals surface area (Å²) in [5.41, 5.74) is 2.03. The van der Waals surface area contributed by atoms with Crippen LogP contribution in [0.15, 0.2) is 78.9 Å². The number of carbonyl (C=O) groups is 1. The van der Waals surface area contributed by atoms with E-state index < -0.39 is 0 Å². The van der Waals surface area contributed by atoms with Crippen molar-refractivity contribution in [2.24, 2.45) is 0 Å². The van der Waals surface area contributed by atoms with Gasteiger partial charge in [0.2, 0.25) is 0 Å². The molecular formula is C28H31N3O4. The first-order valence-corrected chi connectivity index (χ1v) is 12.0. The first-order chi connectivity index (χ1) is 17.2. The second kappa shape index (κ2) is 12.5. The molecule has 0 unspecified atom stereocenters. The number of nitrogens with zero attached hydrogens (tertiary/aromatic N) is 2. The lowest BCUT2D eigenvalue weighted by atomic mass is 10.3. The van der Waals surface area contributed by atoms with Crippen LogP contribution in [-0.2, 0) is 17.8 Å². The number of aromatic nitrogens is 2. The lowest BCUT2D eigenvalue weighted by molar-refractivity contribution is -0.123. The Labute approximate surface area is 205 Å². The smallest absolute Gasteiger partial charge is 0.257 e. The lowest BCUT2D eigenvalue weighted by Gasteiger charge is -2.13. The number of hydrogen-bond acceptors (Lipinski definition) is 5. The minimum atomic E-state index is -0.135. The minimum absolute atomic E-state index is 0.00306. The molecule has 0 aliphatic rings. The van der Waals surface area contributed by atoms with Crippen LogP contribution in [0.5, 0.6) is 17.2 Å². The number of imidazole rings is 1. The van der Waals surface area contributed by atoms with Crippen molar-refractivity contribution < 1.29 is 19.0 Å². The highest BCUT2D eigenvalue weighted by molar-refractivity contribution is 5.77. The molecule has 182 valence electrons. The van der Waals surface area contributed by atoms with Gasteiger partial charge < -0.3 is 24.1 Å². The van der Waals surface area contributed by atoms with Crippen molar-refractivity contribution in [1.82, 2.24) is 14.9 Å². The molecule has 0 saturated carbocycles. The molecule has 0 radical (unpaired) electrons. The number of hydrogen-bond donors (Lipinski definition) is 1. The molecule has 1 aromatic heterocycles. The van der Waals surface area contributed by atoms with E-state index in [0.29, 0.717) is 32.1 Å². The first-order valence-electron chi connectivity index (χ1n) is 12.0. The Morgan fingerprint density at radius 2 is 1.60 bits per heavy atom. The fraction of sp³-hybridized carbons (Fsp3) is 0.286. The normalized spacial score (nSPS) is 10.8. The summed E-state index contributed by atoms with van der Waals surface area (Å²) in [5, 5.41) is 2.92. The summed E-state index contributed by atoms with van der Waals surface area (Å²) < 4.78 is 19.4. The molecule has 0 fully saturated rings. The van der Waals surface area contributed by atoms with Gasteiger partial charge >= 0.3 is 0 Å². The fourth-order valence-corrected chi connectivity index (χ4v) is 3.85. The molecular weight excluding hydrogens is 442 g/mol.